The Bertz CT molecular complexity index is 540. The van der Waals surface area contributed by atoms with E-state index in [0.29, 0.717) is 18.0 Å². The van der Waals surface area contributed by atoms with E-state index in [1.165, 1.54) is 0 Å². The molecule has 4 heteroatoms. The Balaban J connectivity index is 2.14. The Morgan fingerprint density at radius 1 is 1.28 bits per heavy atom. The van der Waals surface area contributed by atoms with Crippen molar-refractivity contribution in [1.82, 2.24) is 4.98 Å². The van der Waals surface area contributed by atoms with Crippen molar-refractivity contribution >= 4 is 11.4 Å². The van der Waals surface area contributed by atoms with E-state index >= 15 is 0 Å². The van der Waals surface area contributed by atoms with Crippen LogP contribution in [0.1, 0.15) is 11.3 Å². The monoisotopic (exact) mass is 243 g/mol. The maximum absolute atomic E-state index is 5.99. The summed E-state index contributed by atoms with van der Waals surface area (Å²) in [5, 5.41) is 3.28. The molecule has 1 aromatic carbocycles. The van der Waals surface area contributed by atoms with Gasteiger partial charge in [-0.1, -0.05) is 12.1 Å². The Kier molecular flexibility index (Phi) is 3.67. The molecule has 4 nitrogen and oxygen atoms in total. The fourth-order valence-electron chi connectivity index (χ4n) is 1.76. The number of anilines is 2. The molecule has 0 saturated heterocycles. The number of hydrogen-bond acceptors (Lipinski definition) is 4. The molecule has 18 heavy (non-hydrogen) atoms. The number of ether oxygens (including phenoxy) is 1. The van der Waals surface area contributed by atoms with Crippen molar-refractivity contribution in [3.63, 3.8) is 0 Å². The fourth-order valence-corrected chi connectivity index (χ4v) is 1.76. The fraction of sp³-hybridized carbons (Fsp3) is 0.214. The quantitative estimate of drug-likeness (QED) is 0.810. The average Bonchev–Trinajstić information content (AvgIpc) is 2.39. The summed E-state index contributed by atoms with van der Waals surface area (Å²) in [6, 6.07) is 9.64. The molecule has 0 saturated carbocycles. The number of rotatable bonds is 4. The van der Waals surface area contributed by atoms with Gasteiger partial charge in [0, 0.05) is 6.20 Å². The van der Waals surface area contributed by atoms with E-state index in [4.69, 9.17) is 10.5 Å². The molecular weight excluding hydrogens is 226 g/mol. The summed E-state index contributed by atoms with van der Waals surface area (Å²) in [7, 11) is 1.61. The number of nitrogens with zero attached hydrogens (tertiary/aromatic N) is 1. The number of benzene rings is 1. The van der Waals surface area contributed by atoms with Crippen molar-refractivity contribution in [3.05, 3.63) is 47.8 Å². The molecule has 0 aliphatic rings. The summed E-state index contributed by atoms with van der Waals surface area (Å²) < 4.78 is 5.18. The molecule has 0 bridgehead atoms. The molecule has 0 fully saturated rings. The largest absolute Gasteiger partial charge is 0.495 e. The van der Waals surface area contributed by atoms with E-state index < -0.39 is 0 Å². The summed E-state index contributed by atoms with van der Waals surface area (Å²) >= 11 is 0. The second-order valence-electron chi connectivity index (χ2n) is 4.04. The van der Waals surface area contributed by atoms with Gasteiger partial charge in [-0.05, 0) is 30.7 Å². The second-order valence-corrected chi connectivity index (χ2v) is 4.04. The first kappa shape index (κ1) is 12.2. The molecular formula is C14H17N3O. The van der Waals surface area contributed by atoms with Crippen molar-refractivity contribution in [3.8, 4) is 5.75 Å². The zero-order valence-electron chi connectivity index (χ0n) is 10.6. The van der Waals surface area contributed by atoms with E-state index in [1.807, 2.05) is 37.3 Å². The van der Waals surface area contributed by atoms with Gasteiger partial charge in [-0.2, -0.15) is 0 Å². The van der Waals surface area contributed by atoms with Crippen LogP contribution in [0, 0.1) is 6.92 Å². The van der Waals surface area contributed by atoms with Crippen LogP contribution in [0.15, 0.2) is 36.5 Å². The summed E-state index contributed by atoms with van der Waals surface area (Å²) in [4.78, 5) is 4.33. The predicted octanol–water partition coefficient (Wildman–Crippen LogP) is 2.59. The summed E-state index contributed by atoms with van der Waals surface area (Å²) in [6.45, 7) is 2.68. The topological polar surface area (TPSA) is 60.2 Å². The molecule has 1 aromatic heterocycles. The highest BCUT2D eigenvalue weighted by atomic mass is 16.5. The summed E-state index contributed by atoms with van der Waals surface area (Å²) in [6.07, 6.45) is 1.79. The maximum Gasteiger partial charge on any atom is 0.143 e. The third-order valence-electron chi connectivity index (χ3n) is 2.85. The van der Waals surface area contributed by atoms with E-state index in [0.717, 1.165) is 16.9 Å². The molecule has 0 atom stereocenters. The van der Waals surface area contributed by atoms with Gasteiger partial charge in [-0.15, -0.1) is 0 Å². The Morgan fingerprint density at radius 3 is 2.83 bits per heavy atom. The standard InChI is InChI=1S/C14H17N3O/c1-10-5-4-8-16-12(10)9-17-11-6-3-7-13(18-2)14(11)15/h3-8,17H,9,15H2,1-2H3. The molecule has 94 valence electrons. The lowest BCUT2D eigenvalue weighted by molar-refractivity contribution is 0.417. The lowest BCUT2D eigenvalue weighted by Crippen LogP contribution is -2.06. The van der Waals surface area contributed by atoms with Gasteiger partial charge in [0.25, 0.3) is 0 Å². The molecule has 1 heterocycles. The molecule has 2 aromatic rings. The molecule has 0 amide bonds. The van der Waals surface area contributed by atoms with Gasteiger partial charge >= 0.3 is 0 Å². The number of para-hydroxylation sites is 1. The first-order valence-electron chi connectivity index (χ1n) is 5.79. The first-order chi connectivity index (χ1) is 8.72. The minimum atomic E-state index is 0.619. The van der Waals surface area contributed by atoms with Crippen molar-refractivity contribution in [2.24, 2.45) is 0 Å². The van der Waals surface area contributed by atoms with Crippen LogP contribution in [-0.2, 0) is 6.54 Å². The average molecular weight is 243 g/mol. The van der Waals surface area contributed by atoms with Crippen LogP contribution in [0.4, 0.5) is 11.4 Å². The molecule has 3 N–H and O–H groups in total. The normalized spacial score (nSPS) is 10.1. The number of nitrogen functional groups attached to an aromatic ring is 1. The minimum absolute atomic E-state index is 0.619. The Morgan fingerprint density at radius 2 is 2.11 bits per heavy atom. The molecule has 0 spiro atoms. The third-order valence-corrected chi connectivity index (χ3v) is 2.85. The molecule has 0 aliphatic carbocycles. The van der Waals surface area contributed by atoms with E-state index in [-0.39, 0.29) is 0 Å². The molecule has 0 unspecified atom stereocenters. The van der Waals surface area contributed by atoms with Gasteiger partial charge in [0.15, 0.2) is 0 Å². The van der Waals surface area contributed by atoms with E-state index in [2.05, 4.69) is 10.3 Å². The lowest BCUT2D eigenvalue weighted by Gasteiger charge is -2.12. The minimum Gasteiger partial charge on any atom is -0.495 e. The van der Waals surface area contributed by atoms with Crippen molar-refractivity contribution in [2.45, 2.75) is 13.5 Å². The highest BCUT2D eigenvalue weighted by Crippen LogP contribution is 2.29. The van der Waals surface area contributed by atoms with Crippen LogP contribution in [-0.4, -0.2) is 12.1 Å². The predicted molar refractivity (Wildman–Crippen MR) is 73.7 cm³/mol. The van der Waals surface area contributed by atoms with Crippen molar-refractivity contribution in [2.75, 3.05) is 18.2 Å². The highest BCUT2D eigenvalue weighted by Gasteiger charge is 2.05. The Labute approximate surface area is 107 Å². The van der Waals surface area contributed by atoms with Crippen LogP contribution in [0.3, 0.4) is 0 Å². The Hall–Kier alpha value is -2.23. The molecule has 0 radical (unpaired) electrons. The van der Waals surface area contributed by atoms with E-state index in [1.54, 1.807) is 13.3 Å². The molecule has 2 rings (SSSR count). The summed E-state index contributed by atoms with van der Waals surface area (Å²) in [5.41, 5.74) is 9.64. The van der Waals surface area contributed by atoms with Crippen molar-refractivity contribution in [1.29, 1.82) is 0 Å². The smallest absolute Gasteiger partial charge is 0.143 e. The van der Waals surface area contributed by atoms with Crippen LogP contribution in [0.25, 0.3) is 0 Å². The van der Waals surface area contributed by atoms with Crippen molar-refractivity contribution < 1.29 is 4.74 Å². The zero-order valence-corrected chi connectivity index (χ0v) is 10.6. The van der Waals surface area contributed by atoms with Crippen LogP contribution in [0.5, 0.6) is 5.75 Å². The van der Waals surface area contributed by atoms with E-state index in [9.17, 15) is 0 Å². The van der Waals surface area contributed by atoms with Gasteiger partial charge in [-0.3, -0.25) is 4.98 Å². The number of nitrogens with two attached hydrogens (primary N) is 1. The number of aromatic nitrogens is 1. The number of methoxy groups -OCH3 is 1. The zero-order chi connectivity index (χ0) is 13.0. The van der Waals surface area contributed by atoms with Gasteiger partial charge in [-0.25, -0.2) is 0 Å². The van der Waals surface area contributed by atoms with Crippen LogP contribution >= 0.6 is 0 Å². The first-order valence-corrected chi connectivity index (χ1v) is 5.79. The number of hydrogen-bond donors (Lipinski definition) is 2. The SMILES string of the molecule is COc1cccc(NCc2ncccc2C)c1N. The third kappa shape index (κ3) is 2.53. The lowest BCUT2D eigenvalue weighted by atomic mass is 10.2. The number of nitrogens with one attached hydrogen (secondary N) is 1. The maximum atomic E-state index is 5.99. The summed E-state index contributed by atoms with van der Waals surface area (Å²) in [5.74, 6) is 0.678. The highest BCUT2D eigenvalue weighted by molar-refractivity contribution is 5.72. The van der Waals surface area contributed by atoms with Gasteiger partial charge in [0.2, 0.25) is 0 Å². The number of pyridine rings is 1. The molecule has 0 aliphatic heterocycles. The van der Waals surface area contributed by atoms with Gasteiger partial charge in [0.1, 0.15) is 5.75 Å². The van der Waals surface area contributed by atoms with Gasteiger partial charge < -0.3 is 15.8 Å². The van der Waals surface area contributed by atoms with Gasteiger partial charge in [0.05, 0.1) is 30.7 Å². The van der Waals surface area contributed by atoms with Crippen LogP contribution < -0.4 is 15.8 Å². The number of aryl methyl sites for hydroxylation is 1. The second kappa shape index (κ2) is 5.40. The van der Waals surface area contributed by atoms with Crippen LogP contribution in [0.2, 0.25) is 0 Å².